The molecule has 0 bridgehead atoms. The van der Waals surface area contributed by atoms with Gasteiger partial charge in [0.15, 0.2) is 34.6 Å². The number of ketones is 2. The molecule has 0 N–H and O–H groups in total. The van der Waals surface area contributed by atoms with E-state index < -0.39 is 11.9 Å². The maximum absolute atomic E-state index is 12.3. The molecule has 56 heavy (non-hydrogen) atoms. The average molecular weight is 807 g/mol. The van der Waals surface area contributed by atoms with E-state index in [1.54, 1.807) is 0 Å². The number of nitrogens with zero attached hydrogens (tertiary/aromatic N) is 2. The Hall–Kier alpha value is -4.42. The number of carbonyl (C=O) groups is 4. The molecule has 2 aromatic carbocycles. The normalized spacial score (nSPS) is 10.7. The number of hydrogen-bond acceptors (Lipinski definition) is 12. The van der Waals surface area contributed by atoms with Gasteiger partial charge in [0, 0.05) is 10.8 Å². The molecule has 0 radical (unpaired) electrons. The lowest BCUT2D eigenvalue weighted by Gasteiger charge is -2.10. The third kappa shape index (κ3) is 16.0. The molecule has 0 atom stereocenters. The molecule has 0 unspecified atom stereocenters. The predicted molar refractivity (Wildman–Crippen MR) is 223 cm³/mol. The summed E-state index contributed by atoms with van der Waals surface area (Å²) in [5, 5.41) is 3.53. The van der Waals surface area contributed by atoms with E-state index in [9.17, 15) is 19.2 Å². The summed E-state index contributed by atoms with van der Waals surface area (Å²) in [5.74, 6) is -0.249. The number of aromatic nitrogens is 2. The van der Waals surface area contributed by atoms with Crippen molar-refractivity contribution in [1.82, 2.24) is 9.97 Å². The third-order valence-corrected chi connectivity index (χ3v) is 11.0. The van der Waals surface area contributed by atoms with E-state index in [1.165, 1.54) is 124 Å². The molecule has 304 valence electrons. The van der Waals surface area contributed by atoms with Crippen molar-refractivity contribution in [2.24, 2.45) is 0 Å². The van der Waals surface area contributed by atoms with E-state index in [1.807, 2.05) is 30.3 Å². The van der Waals surface area contributed by atoms with Gasteiger partial charge in [-0.15, -0.1) is 22.7 Å². The molecular weight excluding hydrogens is 749 g/mol. The number of methoxy groups -OCH3 is 2. The lowest BCUT2D eigenvalue weighted by Crippen LogP contribution is -2.12. The molecule has 4 rings (SSSR count). The van der Waals surface area contributed by atoms with E-state index in [0.717, 1.165) is 35.5 Å². The van der Waals surface area contributed by atoms with Gasteiger partial charge < -0.3 is 18.9 Å². The number of rotatable bonds is 24. The quantitative estimate of drug-likeness (QED) is 0.0383. The molecule has 0 aliphatic carbocycles. The van der Waals surface area contributed by atoms with Crippen LogP contribution in [0.4, 0.5) is 0 Å². The van der Waals surface area contributed by atoms with Gasteiger partial charge in [0.05, 0.1) is 14.2 Å². The van der Waals surface area contributed by atoms with Crippen LogP contribution in [0.2, 0.25) is 0 Å². The predicted octanol–water partition coefficient (Wildman–Crippen LogP) is 10.8. The van der Waals surface area contributed by atoms with Crippen LogP contribution >= 0.6 is 22.7 Å². The molecule has 2 heterocycles. The first kappa shape index (κ1) is 46.0. The van der Waals surface area contributed by atoms with Crippen molar-refractivity contribution in [2.75, 3.05) is 27.4 Å². The van der Waals surface area contributed by atoms with Crippen LogP contribution < -0.4 is 9.47 Å². The van der Waals surface area contributed by atoms with Crippen LogP contribution in [-0.4, -0.2) is 60.9 Å². The second kappa shape index (κ2) is 25.7. The molecule has 0 saturated carbocycles. The molecule has 4 aromatic rings. The molecule has 2 aromatic heterocycles. The number of esters is 2. The second-order valence-electron chi connectivity index (χ2n) is 13.7. The van der Waals surface area contributed by atoms with Crippen molar-refractivity contribution in [3.8, 4) is 11.5 Å². The van der Waals surface area contributed by atoms with Gasteiger partial charge in [0.2, 0.25) is 11.6 Å². The first-order valence-electron chi connectivity index (χ1n) is 19.7. The van der Waals surface area contributed by atoms with Crippen LogP contribution in [0.5, 0.6) is 11.5 Å². The van der Waals surface area contributed by atoms with Crippen LogP contribution in [0.15, 0.2) is 47.2 Å². The monoisotopic (exact) mass is 806 g/mol. The third-order valence-electron chi connectivity index (χ3n) is 9.25. The smallest absolute Gasteiger partial charge is 0.357 e. The molecule has 0 aliphatic heterocycles. The zero-order valence-electron chi connectivity index (χ0n) is 33.9. The highest BCUT2D eigenvalue weighted by atomic mass is 32.1. The first-order chi connectivity index (χ1) is 27.1. The number of hydrogen-bond donors (Lipinski definition) is 0. The number of carbonyl (C=O) groups excluding carboxylic acids is 4. The van der Waals surface area contributed by atoms with E-state index in [0.29, 0.717) is 11.5 Å². The first-order valence-corrected chi connectivity index (χ1v) is 21.4. The Kier molecular flexibility index (Phi) is 21.1. The van der Waals surface area contributed by atoms with Gasteiger partial charge in [-0.3, -0.25) is 9.59 Å². The van der Waals surface area contributed by atoms with E-state index in [-0.39, 0.29) is 46.2 Å². The summed E-state index contributed by atoms with van der Waals surface area (Å²) in [7, 11) is 2.57. The molecule has 0 spiro atoms. The van der Waals surface area contributed by atoms with Crippen LogP contribution in [0.25, 0.3) is 0 Å². The lowest BCUT2D eigenvalue weighted by atomic mass is 10.0. The highest BCUT2D eigenvalue weighted by Gasteiger charge is 2.18. The van der Waals surface area contributed by atoms with Gasteiger partial charge in [-0.25, -0.2) is 19.6 Å². The Morgan fingerprint density at radius 1 is 0.554 bits per heavy atom. The maximum Gasteiger partial charge on any atom is 0.357 e. The average Bonchev–Trinajstić information content (AvgIpc) is 3.92. The Balaban J connectivity index is 0.000000300. The summed E-state index contributed by atoms with van der Waals surface area (Å²) in [6.07, 6.45) is 17.4. The fraction of sp³-hybridized carbons (Fsp3) is 0.500. The van der Waals surface area contributed by atoms with Crippen LogP contribution in [0.3, 0.4) is 0 Å². The summed E-state index contributed by atoms with van der Waals surface area (Å²) in [5.41, 5.74) is 5.31. The lowest BCUT2D eigenvalue weighted by molar-refractivity contribution is 0.0586. The Labute approximate surface area is 340 Å². The topological polar surface area (TPSA) is 131 Å². The van der Waals surface area contributed by atoms with Gasteiger partial charge >= 0.3 is 11.9 Å². The van der Waals surface area contributed by atoms with Gasteiger partial charge in [-0.1, -0.05) is 90.2 Å². The van der Waals surface area contributed by atoms with Crippen molar-refractivity contribution < 1.29 is 38.1 Å². The van der Waals surface area contributed by atoms with Gasteiger partial charge in [0.25, 0.3) is 0 Å². The van der Waals surface area contributed by atoms with Gasteiger partial charge in [-0.05, 0) is 86.1 Å². The standard InChI is InChI=1S/2C22H29NO4S/c1-4-5-6-7-8-9-10-17-11-12-18(13-16(17)2)27-14-20(24)21-23-19(15-28-21)22(25)26-3;1-4-5-6-7-8-9-10-17-13-18(12-11-16(17)2)27-14-20(24)21-23-19(15-28-21)22(25)26-3/h2*11-13,15H,4-10,14H2,1-3H3. The minimum absolute atomic E-state index is 0.104. The number of ether oxygens (including phenoxy) is 4. The van der Waals surface area contributed by atoms with Crippen molar-refractivity contribution in [1.29, 1.82) is 0 Å². The molecule has 0 amide bonds. The summed E-state index contributed by atoms with van der Waals surface area (Å²) < 4.78 is 20.5. The van der Waals surface area contributed by atoms with E-state index in [4.69, 9.17) is 9.47 Å². The van der Waals surface area contributed by atoms with E-state index in [2.05, 4.69) is 53.2 Å². The molecule has 0 aliphatic rings. The Bertz CT molecular complexity index is 1830. The van der Waals surface area contributed by atoms with Crippen LogP contribution in [0.1, 0.15) is 154 Å². The van der Waals surface area contributed by atoms with Crippen molar-refractivity contribution in [3.63, 3.8) is 0 Å². The number of unbranched alkanes of at least 4 members (excludes halogenated alkanes) is 10. The summed E-state index contributed by atoms with van der Waals surface area (Å²) >= 11 is 2.24. The molecule has 0 saturated heterocycles. The van der Waals surface area contributed by atoms with Gasteiger partial charge in [-0.2, -0.15) is 0 Å². The largest absolute Gasteiger partial charge is 0.485 e. The van der Waals surface area contributed by atoms with E-state index >= 15 is 0 Å². The zero-order valence-corrected chi connectivity index (χ0v) is 35.5. The number of Topliss-reactive ketones (excluding diaryl/α,β-unsaturated/α-hetero) is 2. The van der Waals surface area contributed by atoms with Crippen LogP contribution in [0, 0.1) is 13.8 Å². The van der Waals surface area contributed by atoms with Crippen molar-refractivity contribution in [2.45, 2.75) is 118 Å². The Morgan fingerprint density at radius 3 is 1.48 bits per heavy atom. The highest BCUT2D eigenvalue weighted by molar-refractivity contribution is 7.12. The minimum Gasteiger partial charge on any atom is -0.485 e. The number of aryl methyl sites for hydroxylation is 4. The Morgan fingerprint density at radius 2 is 1.00 bits per heavy atom. The molecular formula is C44H58N2O8S2. The molecule has 0 fully saturated rings. The maximum atomic E-state index is 12.3. The van der Waals surface area contributed by atoms with Gasteiger partial charge in [0.1, 0.15) is 11.5 Å². The fourth-order valence-corrected chi connectivity index (χ4v) is 7.29. The number of benzene rings is 2. The summed E-state index contributed by atoms with van der Waals surface area (Å²) in [4.78, 5) is 55.3. The SMILES string of the molecule is CCCCCCCCc1cc(OCC(=O)c2nc(C(=O)OC)cs2)ccc1C.CCCCCCCCc1ccc(OCC(=O)c2nc(C(=O)OC)cs2)cc1C. The second-order valence-corrected chi connectivity index (χ2v) is 15.4. The molecule has 12 heteroatoms. The number of thiazole rings is 2. The molecule has 10 nitrogen and oxygen atoms in total. The van der Waals surface area contributed by atoms with Crippen molar-refractivity contribution in [3.05, 3.63) is 90.8 Å². The summed E-state index contributed by atoms with van der Waals surface area (Å²) in [6, 6.07) is 11.9. The fourth-order valence-electron chi connectivity index (χ4n) is 5.86. The zero-order chi connectivity index (χ0) is 40.7. The van der Waals surface area contributed by atoms with Crippen molar-refractivity contribution >= 4 is 46.2 Å². The highest BCUT2D eigenvalue weighted by Crippen LogP contribution is 2.22. The van der Waals surface area contributed by atoms with Crippen LogP contribution in [-0.2, 0) is 22.3 Å². The summed E-state index contributed by atoms with van der Waals surface area (Å²) in [6.45, 7) is 8.43. The minimum atomic E-state index is -0.548.